The van der Waals surface area contributed by atoms with Crippen molar-refractivity contribution >= 4 is 110 Å². The Morgan fingerprint density at radius 2 is 1.28 bits per heavy atom. The molecule has 0 saturated carbocycles. The van der Waals surface area contributed by atoms with Gasteiger partial charge in [-0.05, 0) is 102 Å². The molecule has 3 aliphatic rings. The second-order valence-corrected chi connectivity index (χ2v) is 39.1. The quantitative estimate of drug-likeness (QED) is 0.0157. The predicted molar refractivity (Wildman–Crippen MR) is 349 cm³/mol. The van der Waals surface area contributed by atoms with E-state index in [0.29, 0.717) is 66.0 Å². The number of aromatic amines is 1. The summed E-state index contributed by atoms with van der Waals surface area (Å²) < 4.78 is 248. The van der Waals surface area contributed by atoms with Crippen molar-refractivity contribution in [1.82, 2.24) is 14.9 Å². The van der Waals surface area contributed by atoms with Crippen molar-refractivity contribution in [2.24, 2.45) is 0 Å². The summed E-state index contributed by atoms with van der Waals surface area (Å²) in [5, 5.41) is 13.0. The van der Waals surface area contributed by atoms with Crippen molar-refractivity contribution in [3.05, 3.63) is 104 Å². The largest absolute Gasteiger partial charge is 0.744 e. The van der Waals surface area contributed by atoms with Gasteiger partial charge in [-0.2, -0.15) is 51.4 Å². The highest BCUT2D eigenvalue weighted by Crippen LogP contribution is 2.75. The third-order valence-corrected chi connectivity index (χ3v) is 28.1. The van der Waals surface area contributed by atoms with Crippen molar-refractivity contribution in [2.75, 3.05) is 49.3 Å². The Labute approximate surface area is 577 Å². The van der Waals surface area contributed by atoms with Gasteiger partial charge in [0, 0.05) is 78.6 Å². The fourth-order valence-electron chi connectivity index (χ4n) is 11.1. The first-order valence-electron chi connectivity index (χ1n) is 29.8. The highest BCUT2D eigenvalue weighted by atomic mass is 32.2. The lowest BCUT2D eigenvalue weighted by molar-refractivity contribution is -0.437. The van der Waals surface area contributed by atoms with Gasteiger partial charge in [-0.15, -0.1) is 0 Å². The SMILES string of the molecule is Cc1cn([C@H]2C[C@H](O)[C@@H](COP(=O)(O)OP(=O)(O)OP(=O)(O)OP(=O)(O)OP(=O)(O)OP(=O)(O)OCCCCCCNC(=O)CCCCCC3(C)C(=CC=CC4=[N+](CCCS(=O)(=O)O)c5cc(S(=O)(=O)O)ccc5C4(C)C)N(CCCS(=O)(=O)O)c4ccc(S(=O)(=O)[O-])cc43)O2)c(=O)[nH]c1=O. The fourth-order valence-corrected chi connectivity index (χ4v) is 20.9. The van der Waals surface area contributed by atoms with Crippen LogP contribution < -0.4 is 21.5 Å². The number of anilines is 1. The first-order valence-corrected chi connectivity index (χ1v) is 44.9. The van der Waals surface area contributed by atoms with E-state index in [4.69, 9.17) is 4.74 Å². The molecule has 7 unspecified atom stereocenters. The molecule has 1 aromatic heterocycles. The molecule has 4 heterocycles. The van der Waals surface area contributed by atoms with Gasteiger partial charge < -0.3 is 54.0 Å². The van der Waals surface area contributed by atoms with Crippen LogP contribution in [0.3, 0.4) is 0 Å². The van der Waals surface area contributed by atoms with Crippen LogP contribution >= 0.6 is 46.9 Å². The van der Waals surface area contributed by atoms with Crippen molar-refractivity contribution in [1.29, 1.82) is 0 Å². The maximum atomic E-state index is 12.9. The molecule has 1 amide bonds. The lowest BCUT2D eigenvalue weighted by Crippen LogP contribution is -2.33. The molecule has 0 spiro atoms. The first-order chi connectivity index (χ1) is 46.1. The number of aliphatic hydroxyl groups is 1. The number of ether oxygens (including phenoxy) is 1. The summed E-state index contributed by atoms with van der Waals surface area (Å²) in [6.07, 6.45) is 3.23. The minimum atomic E-state index is -6.59. The van der Waals surface area contributed by atoms with Crippen LogP contribution in [0.1, 0.15) is 121 Å². The zero-order valence-corrected chi connectivity index (χ0v) is 62.3. The third-order valence-electron chi connectivity index (χ3n) is 15.6. The van der Waals surface area contributed by atoms with Crippen LogP contribution in [0.2, 0.25) is 0 Å². The number of rotatable bonds is 40. The van der Waals surface area contributed by atoms with Gasteiger partial charge in [0.15, 0.2) is 5.71 Å². The molecular weight excluding hydrogens is 1560 g/mol. The lowest BCUT2D eigenvalue weighted by atomic mass is 9.77. The molecule has 10 atom stereocenters. The number of fused-ring (bicyclic) bond motifs is 2. The normalized spacial score (nSPS) is 22.8. The number of nitrogens with one attached hydrogen (secondary N) is 2. The number of amides is 1. The van der Waals surface area contributed by atoms with Gasteiger partial charge in [0.1, 0.15) is 33.9 Å². The molecule has 3 aromatic rings. The van der Waals surface area contributed by atoms with Crippen molar-refractivity contribution < 1.29 is 158 Å². The number of aryl methyl sites for hydroxylation is 1. The Hall–Kier alpha value is -4.04. The van der Waals surface area contributed by atoms with E-state index in [2.05, 4.69) is 35.9 Å². The number of H-pyrrole nitrogens is 1. The molecule has 41 nitrogen and oxygen atoms in total. The summed E-state index contributed by atoms with van der Waals surface area (Å²) in [5.74, 6) is -1.69. The average molecular weight is 1640 g/mol. The number of phosphoric acid groups is 6. The van der Waals surface area contributed by atoms with Crippen LogP contribution in [0, 0.1) is 6.92 Å². The summed E-state index contributed by atoms with van der Waals surface area (Å²) in [6.45, 7) is 4.89. The Kier molecular flexibility index (Phi) is 28.4. The first kappa shape index (κ1) is 85.9. The van der Waals surface area contributed by atoms with Crippen molar-refractivity contribution in [3.8, 4) is 0 Å². The number of carbonyl (C=O) groups excluding carboxylic acids is 1. The second-order valence-electron chi connectivity index (χ2n) is 23.7. The monoisotopic (exact) mass is 1640 g/mol. The number of benzene rings is 2. The Balaban J connectivity index is 0.974. The zero-order chi connectivity index (χ0) is 76.0. The maximum Gasteiger partial charge on any atom is 0.490 e. The number of carbonyl (C=O) groups is 1. The van der Waals surface area contributed by atoms with Crippen molar-refractivity contribution in [3.63, 3.8) is 0 Å². The van der Waals surface area contributed by atoms with Crippen LogP contribution in [0.15, 0.2) is 85.9 Å². The Morgan fingerprint density at radius 1 is 0.723 bits per heavy atom. The van der Waals surface area contributed by atoms with E-state index in [9.17, 15) is 128 Å². The number of aromatic nitrogens is 2. The highest BCUT2D eigenvalue weighted by Gasteiger charge is 2.51. The molecule has 1 fully saturated rings. The Bertz CT molecular complexity index is 4620. The Morgan fingerprint density at radius 3 is 1.86 bits per heavy atom. The van der Waals surface area contributed by atoms with E-state index >= 15 is 0 Å². The van der Waals surface area contributed by atoms with E-state index in [-0.39, 0.29) is 76.1 Å². The molecule has 51 heteroatoms. The number of hydrogen-bond acceptors (Lipinski definition) is 28. The fraction of sp³-hybridized carbons (Fsp3) is 0.560. The minimum Gasteiger partial charge on any atom is -0.744 e. The summed E-state index contributed by atoms with van der Waals surface area (Å²) >= 11 is 0. The molecule has 3 aliphatic heterocycles. The summed E-state index contributed by atoms with van der Waals surface area (Å²) in [5.41, 5.74) is -1.06. The highest BCUT2D eigenvalue weighted by molar-refractivity contribution is 7.86. The molecule has 0 aliphatic carbocycles. The number of phosphoric ester groups is 2. The number of allylic oxidation sites excluding steroid dienone is 4. The van der Waals surface area contributed by atoms with Crippen LogP contribution in [-0.2, 0) is 119 Å². The summed E-state index contributed by atoms with van der Waals surface area (Å²) in [7, 11) is -56.2. The smallest absolute Gasteiger partial charge is 0.490 e. The van der Waals surface area contributed by atoms with E-state index < -0.39 is 162 Å². The zero-order valence-electron chi connectivity index (χ0n) is 53.7. The number of unbranched alkanes of at least 4 members (excludes halogenated alkanes) is 5. The number of nitrogens with zero attached hydrogens (tertiary/aromatic N) is 3. The molecule has 101 heavy (non-hydrogen) atoms. The van der Waals surface area contributed by atoms with E-state index in [0.717, 1.165) is 16.8 Å². The topological polar surface area (TPSA) is 628 Å². The van der Waals surface area contributed by atoms with Gasteiger partial charge in [-0.25, -0.2) is 40.6 Å². The van der Waals surface area contributed by atoms with Gasteiger partial charge in [0.05, 0.1) is 41.1 Å². The summed E-state index contributed by atoms with van der Waals surface area (Å²) in [4.78, 5) is 98.8. The lowest BCUT2D eigenvalue weighted by Gasteiger charge is -2.30. The molecule has 0 bridgehead atoms. The number of aliphatic hydroxyl groups excluding tert-OH is 1. The molecule has 6 rings (SSSR count). The third kappa shape index (κ3) is 25.3. The van der Waals surface area contributed by atoms with Crippen LogP contribution in [0.25, 0.3) is 0 Å². The van der Waals surface area contributed by atoms with Gasteiger partial charge in [0.25, 0.3) is 35.9 Å². The molecular formula is C50H75N5O36P6S4. The molecule has 0 radical (unpaired) electrons. The number of hydrogen-bond donors (Lipinski definition) is 12. The van der Waals surface area contributed by atoms with Crippen LogP contribution in [0.5, 0.6) is 0 Å². The van der Waals surface area contributed by atoms with Gasteiger partial charge >= 0.3 is 52.6 Å². The molecule has 12 N–H and O–H groups in total. The molecule has 1 saturated heterocycles. The van der Waals surface area contributed by atoms with E-state index in [1.54, 1.807) is 48.5 Å². The van der Waals surface area contributed by atoms with Gasteiger partial charge in [-0.3, -0.25) is 41.8 Å². The van der Waals surface area contributed by atoms with Gasteiger partial charge in [-0.1, -0.05) is 31.8 Å². The molecule has 2 aromatic carbocycles. The summed E-state index contributed by atoms with van der Waals surface area (Å²) in [6, 6.07) is 7.61. The second kappa shape index (κ2) is 33.4. The van der Waals surface area contributed by atoms with Crippen LogP contribution in [-0.4, -0.2) is 169 Å². The van der Waals surface area contributed by atoms with Crippen LogP contribution in [0.4, 0.5) is 11.4 Å². The van der Waals surface area contributed by atoms with Gasteiger partial charge in [0.2, 0.25) is 11.6 Å². The van der Waals surface area contributed by atoms with Crippen molar-refractivity contribution in [2.45, 2.75) is 144 Å². The minimum absolute atomic E-state index is 0.0262. The molecule has 570 valence electrons. The van der Waals surface area contributed by atoms with E-state index in [1.165, 1.54) is 37.3 Å². The standard InChI is InChI=1S/C50H75N5O36P6S4/c1-34-32-55(48(59)52-47(34)58)46-31-41(56)42(86-46)33-85-93(62,63)88-95(66,67)90-97(70,71)91-96(68,69)89-94(64,65)87-92(60,61)84-26-11-6-5-10-23-51-45(57)17-8-7-9-22-50(4)38-29-35(100(78,79)80)19-21-39(38)53(24-13-27-98(72,73)74)44(50)16-12-15-43-49(2,3)37-20-18-36(101(81,82)83)30-40(37)54(43)25-14-28-99(75,76)77/h12,15-16,18-21,29-30,32,41-42,46,56H,5-11,13-14,17,22-28,31,33H2,1-4H3,(H11-,51,52,57,58,59,60,61,62,63,64,65,66,67,68,69,70,71,72,73,74,75,76,77,78,79,80,81,82,83)/t41-,42+,46+,50?/m0/s1. The average Bonchev–Trinajstić information content (AvgIpc) is 1.59. The van der Waals surface area contributed by atoms with E-state index in [1.807, 2.05) is 4.98 Å². The predicted octanol–water partition coefficient (Wildman–Crippen LogP) is 4.84. The maximum absolute atomic E-state index is 12.9.